The Morgan fingerprint density at radius 3 is 2.06 bits per heavy atom. The third-order valence-corrected chi connectivity index (χ3v) is 2.17. The minimum atomic E-state index is 0.651. The van der Waals surface area contributed by atoms with E-state index < -0.39 is 0 Å². The molecule has 0 bridgehead atoms. The van der Waals surface area contributed by atoms with Crippen LogP contribution in [0.2, 0.25) is 0 Å². The minimum absolute atomic E-state index is 0.651. The number of anilines is 1. The molecular weight excluding hydrogens is 210 g/mol. The zero-order valence-corrected chi connectivity index (χ0v) is 10.6. The Bertz CT molecular complexity index is 449. The zero-order valence-electron chi connectivity index (χ0n) is 10.6. The van der Waals surface area contributed by atoms with Crippen molar-refractivity contribution in [2.24, 2.45) is 0 Å². The maximum atomic E-state index is 5.77. The molecule has 0 heterocycles. The van der Waals surface area contributed by atoms with Gasteiger partial charge in [-0.05, 0) is 31.2 Å². The summed E-state index contributed by atoms with van der Waals surface area (Å²) >= 11 is 0. The number of hydrogen-bond acceptors (Lipinski definition) is 2. The van der Waals surface area contributed by atoms with Gasteiger partial charge in [0.15, 0.2) is 0 Å². The molecule has 2 rings (SSSR count). The molecule has 0 aliphatic rings. The van der Waals surface area contributed by atoms with E-state index in [-0.39, 0.29) is 0 Å². The second kappa shape index (κ2) is 6.59. The molecule has 0 aliphatic carbocycles. The van der Waals surface area contributed by atoms with Crippen molar-refractivity contribution in [3.8, 4) is 11.5 Å². The molecule has 2 N–H and O–H groups in total. The van der Waals surface area contributed by atoms with Crippen molar-refractivity contribution in [3.05, 3.63) is 54.1 Å². The van der Waals surface area contributed by atoms with E-state index in [1.165, 1.54) is 5.56 Å². The van der Waals surface area contributed by atoms with Crippen LogP contribution in [0.25, 0.3) is 0 Å². The van der Waals surface area contributed by atoms with Crippen molar-refractivity contribution in [1.29, 1.82) is 0 Å². The maximum Gasteiger partial charge on any atom is 0.150 e. The molecule has 0 fully saturated rings. The van der Waals surface area contributed by atoms with E-state index in [1.54, 1.807) is 0 Å². The van der Waals surface area contributed by atoms with Gasteiger partial charge in [-0.3, -0.25) is 0 Å². The molecule has 0 saturated carbocycles. The number of para-hydroxylation sites is 2. The highest BCUT2D eigenvalue weighted by Gasteiger charge is 1.99. The molecule has 2 aromatic carbocycles. The zero-order chi connectivity index (χ0) is 12.7. The number of aryl methyl sites for hydroxylation is 1. The highest BCUT2D eigenvalue weighted by molar-refractivity contribution is 5.53. The highest BCUT2D eigenvalue weighted by atomic mass is 16.5. The molecular formula is C15H19NO. The molecule has 0 aromatic heterocycles. The van der Waals surface area contributed by atoms with Crippen molar-refractivity contribution < 1.29 is 4.74 Å². The fourth-order valence-electron chi connectivity index (χ4n) is 1.31. The first-order valence-corrected chi connectivity index (χ1v) is 5.85. The summed E-state index contributed by atoms with van der Waals surface area (Å²) in [6.45, 7) is 6.04. The largest absolute Gasteiger partial charge is 0.455 e. The highest BCUT2D eigenvalue weighted by Crippen LogP contribution is 2.26. The van der Waals surface area contributed by atoms with Crippen LogP contribution in [0.5, 0.6) is 11.5 Å². The summed E-state index contributed by atoms with van der Waals surface area (Å²) in [6, 6.07) is 15.3. The van der Waals surface area contributed by atoms with E-state index in [4.69, 9.17) is 10.5 Å². The van der Waals surface area contributed by atoms with Crippen LogP contribution >= 0.6 is 0 Å². The lowest BCUT2D eigenvalue weighted by atomic mass is 10.2. The Morgan fingerprint density at radius 2 is 1.47 bits per heavy atom. The third kappa shape index (κ3) is 3.83. The van der Waals surface area contributed by atoms with Crippen molar-refractivity contribution >= 4 is 5.69 Å². The Labute approximate surface area is 103 Å². The van der Waals surface area contributed by atoms with E-state index in [0.29, 0.717) is 11.4 Å². The predicted octanol–water partition coefficient (Wildman–Crippen LogP) is 4.40. The van der Waals surface area contributed by atoms with Gasteiger partial charge in [-0.2, -0.15) is 0 Å². The van der Waals surface area contributed by atoms with Crippen LogP contribution in [-0.2, 0) is 0 Å². The summed E-state index contributed by atoms with van der Waals surface area (Å²) in [5.74, 6) is 1.50. The van der Waals surface area contributed by atoms with E-state index in [0.717, 1.165) is 5.75 Å². The Balaban J connectivity index is 0.000000686. The number of nitrogen functional groups attached to an aromatic ring is 1. The summed E-state index contributed by atoms with van der Waals surface area (Å²) in [7, 11) is 0. The van der Waals surface area contributed by atoms with Gasteiger partial charge < -0.3 is 10.5 Å². The Morgan fingerprint density at radius 1 is 0.882 bits per heavy atom. The number of hydrogen-bond donors (Lipinski definition) is 1. The molecule has 0 saturated heterocycles. The second-order valence-corrected chi connectivity index (χ2v) is 3.45. The van der Waals surface area contributed by atoms with Gasteiger partial charge in [0.05, 0.1) is 5.69 Å². The Kier molecular flexibility index (Phi) is 5.08. The first-order chi connectivity index (χ1) is 8.25. The molecule has 0 spiro atoms. The first-order valence-electron chi connectivity index (χ1n) is 5.85. The Hall–Kier alpha value is -1.96. The van der Waals surface area contributed by atoms with Crippen LogP contribution in [0.4, 0.5) is 5.69 Å². The summed E-state index contributed by atoms with van der Waals surface area (Å²) in [5, 5.41) is 0. The average molecular weight is 229 g/mol. The van der Waals surface area contributed by atoms with Crippen LogP contribution in [0.15, 0.2) is 48.5 Å². The second-order valence-electron chi connectivity index (χ2n) is 3.45. The van der Waals surface area contributed by atoms with Gasteiger partial charge in [-0.15, -0.1) is 0 Å². The summed E-state index contributed by atoms with van der Waals surface area (Å²) in [6.07, 6.45) is 0. The fourth-order valence-corrected chi connectivity index (χ4v) is 1.31. The quantitative estimate of drug-likeness (QED) is 0.775. The number of benzene rings is 2. The molecule has 17 heavy (non-hydrogen) atoms. The van der Waals surface area contributed by atoms with E-state index in [9.17, 15) is 0 Å². The average Bonchev–Trinajstić information content (AvgIpc) is 2.37. The van der Waals surface area contributed by atoms with Crippen molar-refractivity contribution in [2.75, 3.05) is 5.73 Å². The van der Waals surface area contributed by atoms with Gasteiger partial charge in [0.2, 0.25) is 0 Å². The molecule has 2 heteroatoms. The molecule has 2 aromatic rings. The fraction of sp³-hybridized carbons (Fsp3) is 0.200. The van der Waals surface area contributed by atoms with Gasteiger partial charge in [0.1, 0.15) is 11.5 Å². The van der Waals surface area contributed by atoms with Crippen molar-refractivity contribution in [1.82, 2.24) is 0 Å². The minimum Gasteiger partial charge on any atom is -0.455 e. The van der Waals surface area contributed by atoms with Crippen LogP contribution in [0.1, 0.15) is 19.4 Å². The molecule has 2 nitrogen and oxygen atoms in total. The lowest BCUT2D eigenvalue weighted by Gasteiger charge is -2.07. The van der Waals surface area contributed by atoms with Crippen molar-refractivity contribution in [3.63, 3.8) is 0 Å². The summed E-state index contributed by atoms with van der Waals surface area (Å²) in [5.41, 5.74) is 7.64. The molecule has 0 unspecified atom stereocenters. The van der Waals surface area contributed by atoms with E-state index in [2.05, 4.69) is 0 Å². The lowest BCUT2D eigenvalue weighted by Crippen LogP contribution is -1.91. The number of ether oxygens (including phenoxy) is 1. The standard InChI is InChI=1S/C13H13NO.C2H6/c1-10-6-8-11(9-7-10)15-13-5-3-2-4-12(13)14;1-2/h2-9H,14H2,1H3;1-2H3. The topological polar surface area (TPSA) is 35.2 Å². The van der Waals surface area contributed by atoms with Gasteiger partial charge in [0, 0.05) is 0 Å². The van der Waals surface area contributed by atoms with Crippen LogP contribution in [0.3, 0.4) is 0 Å². The van der Waals surface area contributed by atoms with Gasteiger partial charge in [-0.1, -0.05) is 43.7 Å². The molecule has 0 radical (unpaired) electrons. The lowest BCUT2D eigenvalue weighted by molar-refractivity contribution is 0.485. The monoisotopic (exact) mass is 229 g/mol. The van der Waals surface area contributed by atoms with Gasteiger partial charge in [0.25, 0.3) is 0 Å². The smallest absolute Gasteiger partial charge is 0.150 e. The van der Waals surface area contributed by atoms with E-state index >= 15 is 0 Å². The predicted molar refractivity (Wildman–Crippen MR) is 73.5 cm³/mol. The molecule has 0 aliphatic heterocycles. The molecule has 90 valence electrons. The van der Waals surface area contributed by atoms with Gasteiger partial charge >= 0.3 is 0 Å². The summed E-state index contributed by atoms with van der Waals surface area (Å²) < 4.78 is 5.64. The molecule has 0 atom stereocenters. The third-order valence-electron chi connectivity index (χ3n) is 2.17. The summed E-state index contributed by atoms with van der Waals surface area (Å²) in [4.78, 5) is 0. The number of nitrogens with two attached hydrogens (primary N) is 1. The van der Waals surface area contributed by atoms with E-state index in [1.807, 2.05) is 69.3 Å². The van der Waals surface area contributed by atoms with Gasteiger partial charge in [-0.25, -0.2) is 0 Å². The van der Waals surface area contributed by atoms with Crippen LogP contribution in [-0.4, -0.2) is 0 Å². The SMILES string of the molecule is CC.Cc1ccc(Oc2ccccc2N)cc1. The normalized spacial score (nSPS) is 9.12. The van der Waals surface area contributed by atoms with Crippen LogP contribution in [0, 0.1) is 6.92 Å². The number of rotatable bonds is 2. The van der Waals surface area contributed by atoms with Crippen LogP contribution < -0.4 is 10.5 Å². The first kappa shape index (κ1) is 13.1. The van der Waals surface area contributed by atoms with Crippen molar-refractivity contribution in [2.45, 2.75) is 20.8 Å². The maximum absolute atomic E-state index is 5.77. The molecule has 0 amide bonds.